The number of rotatable bonds is 5. The zero-order valence-electron chi connectivity index (χ0n) is 14.6. The van der Waals surface area contributed by atoms with E-state index in [-0.39, 0.29) is 11.3 Å². The van der Waals surface area contributed by atoms with Gasteiger partial charge in [-0.25, -0.2) is 4.79 Å². The first-order chi connectivity index (χ1) is 12.2. The Labute approximate surface area is 150 Å². The van der Waals surface area contributed by atoms with Crippen molar-refractivity contribution in [2.75, 3.05) is 0 Å². The molecule has 8 heteroatoms. The van der Waals surface area contributed by atoms with Gasteiger partial charge in [-0.2, -0.15) is 0 Å². The number of hydrogen-bond donors (Lipinski definition) is 1. The predicted molar refractivity (Wildman–Crippen MR) is 94.0 cm³/mol. The van der Waals surface area contributed by atoms with E-state index >= 15 is 0 Å². The highest BCUT2D eigenvalue weighted by Gasteiger charge is 2.28. The van der Waals surface area contributed by atoms with Crippen molar-refractivity contribution in [1.82, 2.24) is 10.6 Å². The highest BCUT2D eigenvalue weighted by atomic mass is 16.7. The van der Waals surface area contributed by atoms with Crippen molar-refractivity contribution in [1.29, 1.82) is 0 Å². The molecule has 0 radical (unpaired) electrons. The van der Waals surface area contributed by atoms with E-state index in [1.165, 1.54) is 24.3 Å². The molecule has 136 valence electrons. The molecule has 2 rings (SSSR count). The number of hydroxylamine groups is 1. The number of hydrazine groups is 1. The molecule has 0 aliphatic carbocycles. The van der Waals surface area contributed by atoms with Gasteiger partial charge in [0.15, 0.2) is 0 Å². The van der Waals surface area contributed by atoms with Crippen LogP contribution in [0.3, 0.4) is 0 Å². The summed E-state index contributed by atoms with van der Waals surface area (Å²) in [5.41, 5.74) is 2.23. The fourth-order valence-electron chi connectivity index (χ4n) is 1.93. The van der Waals surface area contributed by atoms with Crippen LogP contribution < -0.4 is 5.43 Å². The Kier molecular flexibility index (Phi) is 5.68. The summed E-state index contributed by atoms with van der Waals surface area (Å²) in [5.74, 6) is -1.18. The monoisotopic (exact) mass is 357 g/mol. The molecule has 0 fully saturated rings. The van der Waals surface area contributed by atoms with E-state index in [1.807, 2.05) is 0 Å². The van der Waals surface area contributed by atoms with Crippen LogP contribution in [0.1, 0.15) is 41.5 Å². The second-order valence-electron chi connectivity index (χ2n) is 6.45. The molecule has 0 saturated carbocycles. The highest BCUT2D eigenvalue weighted by molar-refractivity contribution is 5.94. The summed E-state index contributed by atoms with van der Waals surface area (Å²) in [6.45, 7) is 5.25. The zero-order chi connectivity index (χ0) is 19.3. The van der Waals surface area contributed by atoms with Crippen LogP contribution in [0.4, 0.5) is 5.69 Å². The highest BCUT2D eigenvalue weighted by Crippen LogP contribution is 2.16. The minimum Gasteiger partial charge on any atom is -0.343 e. The predicted octanol–water partition coefficient (Wildman–Crippen LogP) is 3.11. The molecule has 0 saturated heterocycles. The minimum absolute atomic E-state index is 0.124. The number of nitro groups is 1. The summed E-state index contributed by atoms with van der Waals surface area (Å²) in [6.07, 6.45) is 0. The average molecular weight is 357 g/mol. The molecule has 0 bridgehead atoms. The number of nitrogens with one attached hydrogen (secondary N) is 1. The van der Waals surface area contributed by atoms with Gasteiger partial charge in [0.1, 0.15) is 0 Å². The van der Waals surface area contributed by atoms with Gasteiger partial charge in [0.05, 0.1) is 16.0 Å². The molecule has 0 aliphatic rings. The fourth-order valence-corrected chi connectivity index (χ4v) is 1.93. The second-order valence-corrected chi connectivity index (χ2v) is 6.45. The average Bonchev–Trinajstić information content (AvgIpc) is 2.61. The summed E-state index contributed by atoms with van der Waals surface area (Å²) in [5, 5.41) is 11.7. The number of nitrogens with zero attached hydrogens (tertiary/aromatic N) is 2. The van der Waals surface area contributed by atoms with Crippen molar-refractivity contribution in [3.63, 3.8) is 0 Å². The lowest BCUT2D eigenvalue weighted by atomic mass is 10.1. The zero-order valence-corrected chi connectivity index (χ0v) is 14.6. The van der Waals surface area contributed by atoms with Gasteiger partial charge >= 0.3 is 5.97 Å². The van der Waals surface area contributed by atoms with Gasteiger partial charge in [-0.05, 0) is 50.2 Å². The lowest BCUT2D eigenvalue weighted by molar-refractivity contribution is -0.384. The minimum atomic E-state index is -0.747. The Balaban J connectivity index is 2.13. The van der Waals surface area contributed by atoms with Gasteiger partial charge in [-0.1, -0.05) is 18.2 Å². The van der Waals surface area contributed by atoms with Crippen LogP contribution >= 0.6 is 0 Å². The van der Waals surface area contributed by atoms with Gasteiger partial charge in [0.2, 0.25) is 0 Å². The summed E-state index contributed by atoms with van der Waals surface area (Å²) in [4.78, 5) is 40.0. The van der Waals surface area contributed by atoms with Crippen molar-refractivity contribution >= 4 is 17.6 Å². The topological polar surface area (TPSA) is 102 Å². The Hall–Kier alpha value is -3.26. The number of carbonyl (C=O) groups is 2. The molecule has 26 heavy (non-hydrogen) atoms. The molecule has 1 amide bonds. The molecule has 0 aliphatic heterocycles. The lowest BCUT2D eigenvalue weighted by Crippen LogP contribution is -2.53. The van der Waals surface area contributed by atoms with Gasteiger partial charge < -0.3 is 4.84 Å². The summed E-state index contributed by atoms with van der Waals surface area (Å²) in [7, 11) is 0. The van der Waals surface area contributed by atoms with Crippen molar-refractivity contribution < 1.29 is 19.3 Å². The van der Waals surface area contributed by atoms with Crippen molar-refractivity contribution in [2.24, 2.45) is 0 Å². The van der Waals surface area contributed by atoms with Crippen LogP contribution in [0.25, 0.3) is 0 Å². The standard InChI is InChI=1S/C18H19N3O5/c1-18(2,3)21(19-16(22)13-7-5-4-6-8-13)26-17(23)14-9-11-15(12-10-14)20(24)25/h4-12H,1-3H3,(H,19,22). The molecule has 0 unspecified atom stereocenters. The molecule has 0 spiro atoms. The van der Waals surface area contributed by atoms with Gasteiger partial charge in [0, 0.05) is 17.7 Å². The molecule has 8 nitrogen and oxygen atoms in total. The molecule has 0 atom stereocenters. The third-order valence-electron chi connectivity index (χ3n) is 3.34. The van der Waals surface area contributed by atoms with Gasteiger partial charge in [-0.3, -0.25) is 20.3 Å². The number of benzene rings is 2. The number of non-ortho nitro benzene ring substituents is 1. The van der Waals surface area contributed by atoms with Crippen molar-refractivity contribution in [3.05, 3.63) is 75.8 Å². The Morgan fingerprint density at radius 2 is 1.58 bits per heavy atom. The molecule has 2 aromatic carbocycles. The smallest absolute Gasteiger partial charge is 0.343 e. The maximum absolute atomic E-state index is 12.3. The van der Waals surface area contributed by atoms with Gasteiger partial charge in [0.25, 0.3) is 11.6 Å². The Morgan fingerprint density at radius 3 is 2.08 bits per heavy atom. The maximum atomic E-state index is 12.3. The van der Waals surface area contributed by atoms with Crippen LogP contribution in [-0.4, -0.2) is 27.5 Å². The normalized spacial score (nSPS) is 11.1. The lowest BCUT2D eigenvalue weighted by Gasteiger charge is -2.32. The number of hydrogen-bond acceptors (Lipinski definition) is 6. The molecule has 0 aromatic heterocycles. The third kappa shape index (κ3) is 4.87. The van der Waals surface area contributed by atoms with E-state index in [0.717, 1.165) is 5.17 Å². The molecular formula is C18H19N3O5. The third-order valence-corrected chi connectivity index (χ3v) is 3.34. The first-order valence-electron chi connectivity index (χ1n) is 7.81. The second kappa shape index (κ2) is 7.75. The summed E-state index contributed by atoms with van der Waals surface area (Å²) in [6, 6.07) is 13.5. The first-order valence-corrected chi connectivity index (χ1v) is 7.81. The van der Waals surface area contributed by atoms with E-state index in [1.54, 1.807) is 51.1 Å². The van der Waals surface area contributed by atoms with E-state index in [9.17, 15) is 19.7 Å². The van der Waals surface area contributed by atoms with Crippen LogP contribution in [0.15, 0.2) is 54.6 Å². The number of amides is 1. The van der Waals surface area contributed by atoms with Crippen LogP contribution in [0.2, 0.25) is 0 Å². The Bertz CT molecular complexity index is 798. The fraction of sp³-hybridized carbons (Fsp3) is 0.222. The van der Waals surface area contributed by atoms with E-state index < -0.39 is 22.3 Å². The van der Waals surface area contributed by atoms with Gasteiger partial charge in [-0.15, -0.1) is 0 Å². The number of carbonyl (C=O) groups excluding carboxylic acids is 2. The largest absolute Gasteiger partial charge is 0.358 e. The van der Waals surface area contributed by atoms with E-state index in [4.69, 9.17) is 4.84 Å². The molecular weight excluding hydrogens is 338 g/mol. The summed E-state index contributed by atoms with van der Waals surface area (Å²) >= 11 is 0. The van der Waals surface area contributed by atoms with Crippen molar-refractivity contribution in [2.45, 2.75) is 26.3 Å². The maximum Gasteiger partial charge on any atom is 0.358 e. The first kappa shape index (κ1) is 19.1. The molecule has 2 aromatic rings. The van der Waals surface area contributed by atoms with Crippen molar-refractivity contribution in [3.8, 4) is 0 Å². The van der Waals surface area contributed by atoms with Crippen LogP contribution in [0.5, 0.6) is 0 Å². The van der Waals surface area contributed by atoms with Crippen LogP contribution in [0, 0.1) is 10.1 Å². The van der Waals surface area contributed by atoms with Crippen LogP contribution in [-0.2, 0) is 4.84 Å². The quantitative estimate of drug-likeness (QED) is 0.652. The molecule has 0 heterocycles. The molecule has 1 N–H and O–H groups in total. The van der Waals surface area contributed by atoms with E-state index in [0.29, 0.717) is 5.56 Å². The van der Waals surface area contributed by atoms with E-state index in [2.05, 4.69) is 5.43 Å². The SMILES string of the molecule is CC(C)(C)N(NC(=O)c1ccccc1)OC(=O)c1ccc([N+](=O)[O-])cc1. The number of nitro benzene ring substituents is 1. The summed E-state index contributed by atoms with van der Waals surface area (Å²) < 4.78 is 0. The Morgan fingerprint density at radius 1 is 1.00 bits per heavy atom.